The zero-order valence-electron chi connectivity index (χ0n) is 10.7. The second-order valence-electron chi connectivity index (χ2n) is 4.14. The van der Waals surface area contributed by atoms with Gasteiger partial charge in [0.15, 0.2) is 11.5 Å². The van der Waals surface area contributed by atoms with Crippen LogP contribution in [-0.4, -0.2) is 7.11 Å². The molecule has 0 fully saturated rings. The molecule has 19 heavy (non-hydrogen) atoms. The van der Waals surface area contributed by atoms with E-state index in [1.807, 2.05) is 37.3 Å². The number of ether oxygens (including phenoxy) is 2. The molecule has 2 aromatic carbocycles. The molecule has 0 N–H and O–H groups in total. The summed E-state index contributed by atoms with van der Waals surface area (Å²) in [6.45, 7) is 2.01. The maximum Gasteiger partial charge on any atom is 0.169 e. The first kappa shape index (κ1) is 14.2. The number of hydrogen-bond donors (Lipinski definition) is 0. The fourth-order valence-corrected chi connectivity index (χ4v) is 2.34. The van der Waals surface area contributed by atoms with E-state index in [1.54, 1.807) is 13.2 Å². The van der Waals surface area contributed by atoms with Gasteiger partial charge in [-0.15, -0.1) is 0 Å². The highest BCUT2D eigenvalue weighted by Crippen LogP contribution is 2.35. The molecule has 2 nitrogen and oxygen atoms in total. The molecule has 0 aliphatic carbocycles. The summed E-state index contributed by atoms with van der Waals surface area (Å²) in [4.78, 5) is 0. The summed E-state index contributed by atoms with van der Waals surface area (Å²) >= 11 is 9.45. The third-order valence-corrected chi connectivity index (χ3v) is 3.55. The Bertz CT molecular complexity index is 584. The van der Waals surface area contributed by atoms with Gasteiger partial charge in [-0.3, -0.25) is 0 Å². The summed E-state index contributed by atoms with van der Waals surface area (Å²) in [5.41, 5.74) is 2.16. The molecular weight excluding hydrogens is 328 g/mol. The second-order valence-corrected chi connectivity index (χ2v) is 5.14. The van der Waals surface area contributed by atoms with Gasteiger partial charge in [0, 0.05) is 15.9 Å². The lowest BCUT2D eigenvalue weighted by molar-refractivity contribution is 0.377. The minimum Gasteiger partial charge on any atom is -0.493 e. The Morgan fingerprint density at radius 1 is 1.05 bits per heavy atom. The van der Waals surface area contributed by atoms with E-state index >= 15 is 0 Å². The molecule has 0 atom stereocenters. The van der Waals surface area contributed by atoms with Crippen molar-refractivity contribution in [3.63, 3.8) is 0 Å². The topological polar surface area (TPSA) is 18.5 Å². The van der Waals surface area contributed by atoms with Crippen molar-refractivity contribution in [1.82, 2.24) is 0 Å². The summed E-state index contributed by atoms with van der Waals surface area (Å²) in [5.74, 6) is 2.12. The van der Waals surface area contributed by atoms with Crippen LogP contribution in [-0.2, 0) is 5.33 Å². The molecule has 0 aromatic heterocycles. The standard InChI is InChI=1S/C15H14BrClO2/c1-10-3-6-13(15(7-10)18-2)19-14-8-12(17)5-4-11(14)9-16/h3-8H,9H2,1-2H3. The smallest absolute Gasteiger partial charge is 0.169 e. The van der Waals surface area contributed by atoms with Crippen LogP contribution in [0.25, 0.3) is 0 Å². The van der Waals surface area contributed by atoms with Gasteiger partial charge in [-0.1, -0.05) is 39.7 Å². The number of alkyl halides is 1. The summed E-state index contributed by atoms with van der Waals surface area (Å²) in [6.07, 6.45) is 0. The first-order chi connectivity index (χ1) is 9.13. The average Bonchev–Trinajstić information content (AvgIpc) is 2.41. The lowest BCUT2D eigenvalue weighted by atomic mass is 10.2. The zero-order chi connectivity index (χ0) is 13.8. The van der Waals surface area contributed by atoms with Crippen LogP contribution in [0, 0.1) is 6.92 Å². The molecule has 0 unspecified atom stereocenters. The van der Waals surface area contributed by atoms with Gasteiger partial charge in [0.2, 0.25) is 0 Å². The van der Waals surface area contributed by atoms with Gasteiger partial charge in [-0.25, -0.2) is 0 Å². The Balaban J connectivity index is 2.38. The van der Waals surface area contributed by atoms with E-state index in [9.17, 15) is 0 Å². The largest absolute Gasteiger partial charge is 0.493 e. The quantitative estimate of drug-likeness (QED) is 0.698. The normalized spacial score (nSPS) is 10.3. The third-order valence-electron chi connectivity index (χ3n) is 2.71. The number of methoxy groups -OCH3 is 1. The molecule has 2 aromatic rings. The van der Waals surface area contributed by atoms with Gasteiger partial charge in [0.1, 0.15) is 5.75 Å². The van der Waals surface area contributed by atoms with Crippen molar-refractivity contribution in [3.8, 4) is 17.2 Å². The van der Waals surface area contributed by atoms with Gasteiger partial charge in [0.05, 0.1) is 7.11 Å². The minimum atomic E-state index is 0.644. The first-order valence-electron chi connectivity index (χ1n) is 5.81. The van der Waals surface area contributed by atoms with Gasteiger partial charge in [-0.05, 0) is 36.8 Å². The number of rotatable bonds is 4. The van der Waals surface area contributed by atoms with Crippen molar-refractivity contribution < 1.29 is 9.47 Å². The molecule has 2 rings (SSSR count). The highest BCUT2D eigenvalue weighted by molar-refractivity contribution is 9.08. The maximum absolute atomic E-state index is 6.01. The van der Waals surface area contributed by atoms with Crippen LogP contribution in [0.15, 0.2) is 36.4 Å². The highest BCUT2D eigenvalue weighted by atomic mass is 79.9. The van der Waals surface area contributed by atoms with Crippen molar-refractivity contribution >= 4 is 27.5 Å². The highest BCUT2D eigenvalue weighted by Gasteiger charge is 2.09. The Morgan fingerprint density at radius 2 is 1.84 bits per heavy atom. The molecule has 0 aliphatic heterocycles. The zero-order valence-corrected chi connectivity index (χ0v) is 13.1. The Morgan fingerprint density at radius 3 is 2.53 bits per heavy atom. The fourth-order valence-electron chi connectivity index (χ4n) is 1.71. The molecule has 0 saturated heterocycles. The minimum absolute atomic E-state index is 0.644. The molecule has 0 spiro atoms. The molecule has 100 valence electrons. The van der Waals surface area contributed by atoms with Crippen LogP contribution in [0.3, 0.4) is 0 Å². The van der Waals surface area contributed by atoms with Crippen LogP contribution in [0.4, 0.5) is 0 Å². The number of hydrogen-bond acceptors (Lipinski definition) is 2. The van der Waals surface area contributed by atoms with E-state index in [-0.39, 0.29) is 0 Å². The fraction of sp³-hybridized carbons (Fsp3) is 0.200. The van der Waals surface area contributed by atoms with Crippen molar-refractivity contribution in [2.75, 3.05) is 7.11 Å². The van der Waals surface area contributed by atoms with Gasteiger partial charge in [0.25, 0.3) is 0 Å². The van der Waals surface area contributed by atoms with E-state index in [1.165, 1.54) is 0 Å². The lowest BCUT2D eigenvalue weighted by Gasteiger charge is -2.13. The van der Waals surface area contributed by atoms with Crippen LogP contribution >= 0.6 is 27.5 Å². The molecule has 0 aliphatic rings. The van der Waals surface area contributed by atoms with E-state index in [4.69, 9.17) is 21.1 Å². The van der Waals surface area contributed by atoms with Gasteiger partial charge >= 0.3 is 0 Å². The third kappa shape index (κ3) is 3.43. The molecule has 0 amide bonds. The molecule has 0 saturated carbocycles. The van der Waals surface area contributed by atoms with E-state index in [0.717, 1.165) is 16.9 Å². The lowest BCUT2D eigenvalue weighted by Crippen LogP contribution is -1.93. The second kappa shape index (κ2) is 6.31. The van der Waals surface area contributed by atoms with Gasteiger partial charge in [-0.2, -0.15) is 0 Å². The predicted molar refractivity (Wildman–Crippen MR) is 81.9 cm³/mol. The van der Waals surface area contributed by atoms with Crippen molar-refractivity contribution in [1.29, 1.82) is 0 Å². The molecule has 4 heteroatoms. The maximum atomic E-state index is 6.01. The van der Waals surface area contributed by atoms with Crippen molar-refractivity contribution in [3.05, 3.63) is 52.5 Å². The first-order valence-corrected chi connectivity index (χ1v) is 7.31. The van der Waals surface area contributed by atoms with Crippen molar-refractivity contribution in [2.24, 2.45) is 0 Å². The Labute approximate surface area is 126 Å². The van der Waals surface area contributed by atoms with Crippen molar-refractivity contribution in [2.45, 2.75) is 12.3 Å². The monoisotopic (exact) mass is 340 g/mol. The molecule has 0 heterocycles. The van der Waals surface area contributed by atoms with E-state index in [0.29, 0.717) is 21.9 Å². The summed E-state index contributed by atoms with van der Waals surface area (Å²) in [5, 5.41) is 1.35. The average molecular weight is 342 g/mol. The molecule has 0 radical (unpaired) electrons. The molecule has 0 bridgehead atoms. The van der Waals surface area contributed by atoms with Crippen LogP contribution in [0.5, 0.6) is 17.2 Å². The number of halogens is 2. The van der Waals surface area contributed by atoms with E-state index < -0.39 is 0 Å². The Kier molecular flexibility index (Phi) is 4.72. The predicted octanol–water partition coefficient (Wildman–Crippen LogP) is 5.34. The SMILES string of the molecule is COc1cc(C)ccc1Oc1cc(Cl)ccc1CBr. The summed E-state index contributed by atoms with van der Waals surface area (Å²) < 4.78 is 11.3. The van der Waals surface area contributed by atoms with Gasteiger partial charge < -0.3 is 9.47 Å². The molecular formula is C15H14BrClO2. The van der Waals surface area contributed by atoms with Crippen LogP contribution in [0.2, 0.25) is 5.02 Å². The summed E-state index contributed by atoms with van der Waals surface area (Å²) in [7, 11) is 1.63. The van der Waals surface area contributed by atoms with Crippen LogP contribution in [0.1, 0.15) is 11.1 Å². The number of aryl methyl sites for hydroxylation is 1. The van der Waals surface area contributed by atoms with E-state index in [2.05, 4.69) is 15.9 Å². The Hall–Kier alpha value is -1.19. The number of benzene rings is 2. The summed E-state index contributed by atoms with van der Waals surface area (Å²) in [6, 6.07) is 11.4. The van der Waals surface area contributed by atoms with Crippen LogP contribution < -0.4 is 9.47 Å².